The molecule has 67 valence electrons. The van der Waals surface area contributed by atoms with Gasteiger partial charge in [-0.05, 0) is 20.8 Å². The van der Waals surface area contributed by atoms with Crippen LogP contribution in [0.15, 0.2) is 0 Å². The molecule has 2 saturated heterocycles. The standard InChI is InChI=1S/C8H14BO3/c1-4-6-5(7(10)11-4)9-8(2,3)12-6/h4-7,10H,1-3H3/t4-,5-,6-,7?/m1/s1. The van der Waals surface area contributed by atoms with Gasteiger partial charge in [0, 0.05) is 11.3 Å². The van der Waals surface area contributed by atoms with Crippen molar-refractivity contribution in [2.75, 3.05) is 0 Å². The van der Waals surface area contributed by atoms with E-state index in [1.165, 1.54) is 0 Å². The Hall–Kier alpha value is -0.0551. The molecule has 1 N–H and O–H groups in total. The number of rotatable bonds is 0. The molecule has 4 heteroatoms. The van der Waals surface area contributed by atoms with Gasteiger partial charge < -0.3 is 14.6 Å². The first-order chi connectivity index (χ1) is 5.49. The van der Waals surface area contributed by atoms with Crippen molar-refractivity contribution in [3.8, 4) is 0 Å². The quantitative estimate of drug-likeness (QED) is 0.531. The van der Waals surface area contributed by atoms with Crippen LogP contribution >= 0.6 is 0 Å². The van der Waals surface area contributed by atoms with Gasteiger partial charge in [0.25, 0.3) is 0 Å². The summed E-state index contributed by atoms with van der Waals surface area (Å²) in [5.41, 5.74) is -0.214. The highest BCUT2D eigenvalue weighted by Crippen LogP contribution is 2.42. The maximum absolute atomic E-state index is 9.47. The Morgan fingerprint density at radius 1 is 1.42 bits per heavy atom. The third kappa shape index (κ3) is 1.18. The fourth-order valence-corrected chi connectivity index (χ4v) is 2.07. The minimum atomic E-state index is -0.674. The Bertz CT molecular complexity index is 177. The molecule has 12 heavy (non-hydrogen) atoms. The Morgan fingerprint density at radius 3 is 2.67 bits per heavy atom. The number of aliphatic hydroxyl groups is 1. The van der Waals surface area contributed by atoms with Gasteiger partial charge in [-0.2, -0.15) is 0 Å². The van der Waals surface area contributed by atoms with Gasteiger partial charge in [-0.15, -0.1) is 0 Å². The molecule has 2 heterocycles. The Labute approximate surface area is 73.3 Å². The normalized spacial score (nSPS) is 50.3. The van der Waals surface area contributed by atoms with Gasteiger partial charge >= 0.3 is 0 Å². The van der Waals surface area contributed by atoms with E-state index in [-0.39, 0.29) is 23.5 Å². The number of aliphatic hydroxyl groups excluding tert-OH is 1. The van der Waals surface area contributed by atoms with Crippen molar-refractivity contribution in [3.05, 3.63) is 0 Å². The number of ether oxygens (including phenoxy) is 2. The largest absolute Gasteiger partial charge is 0.379 e. The number of fused-ring (bicyclic) bond motifs is 1. The van der Waals surface area contributed by atoms with Crippen LogP contribution < -0.4 is 0 Å². The van der Waals surface area contributed by atoms with E-state index in [1.807, 2.05) is 28.1 Å². The number of hydrogen-bond acceptors (Lipinski definition) is 3. The molecule has 0 aliphatic carbocycles. The summed E-state index contributed by atoms with van der Waals surface area (Å²) in [6.45, 7) is 5.94. The average molecular weight is 169 g/mol. The second kappa shape index (κ2) is 2.47. The maximum atomic E-state index is 9.47. The highest BCUT2D eigenvalue weighted by molar-refractivity contribution is 6.43. The second-order valence-electron chi connectivity index (χ2n) is 4.16. The fraction of sp³-hybridized carbons (Fsp3) is 1.00. The van der Waals surface area contributed by atoms with Crippen LogP contribution in [0.25, 0.3) is 0 Å². The molecule has 2 rings (SSSR count). The van der Waals surface area contributed by atoms with E-state index in [0.717, 1.165) is 0 Å². The molecule has 0 bridgehead atoms. The van der Waals surface area contributed by atoms with Crippen molar-refractivity contribution in [2.24, 2.45) is 0 Å². The Kier molecular flexibility index (Phi) is 1.76. The lowest BCUT2D eigenvalue weighted by molar-refractivity contribution is -0.102. The van der Waals surface area contributed by atoms with Crippen molar-refractivity contribution in [2.45, 2.75) is 50.6 Å². The van der Waals surface area contributed by atoms with Crippen molar-refractivity contribution >= 4 is 7.28 Å². The van der Waals surface area contributed by atoms with E-state index < -0.39 is 6.29 Å². The first-order valence-corrected chi connectivity index (χ1v) is 4.37. The highest BCUT2D eigenvalue weighted by Gasteiger charge is 2.52. The molecule has 2 fully saturated rings. The maximum Gasteiger partial charge on any atom is 0.166 e. The van der Waals surface area contributed by atoms with Gasteiger partial charge in [0.1, 0.15) is 0 Å². The lowest BCUT2D eigenvalue weighted by Crippen LogP contribution is -2.30. The molecule has 0 aromatic heterocycles. The van der Waals surface area contributed by atoms with E-state index in [1.54, 1.807) is 0 Å². The third-order valence-electron chi connectivity index (χ3n) is 2.56. The summed E-state index contributed by atoms with van der Waals surface area (Å²) < 4.78 is 10.9. The zero-order chi connectivity index (χ0) is 8.93. The van der Waals surface area contributed by atoms with Crippen LogP contribution in [0.2, 0.25) is 5.82 Å². The van der Waals surface area contributed by atoms with E-state index >= 15 is 0 Å². The zero-order valence-corrected chi connectivity index (χ0v) is 7.65. The van der Waals surface area contributed by atoms with Gasteiger partial charge in [-0.1, -0.05) is 0 Å². The molecule has 4 atom stereocenters. The van der Waals surface area contributed by atoms with Gasteiger partial charge in [-0.25, -0.2) is 0 Å². The summed E-state index contributed by atoms with van der Waals surface area (Å²) in [4.78, 5) is 0. The molecular weight excluding hydrogens is 155 g/mol. The van der Waals surface area contributed by atoms with Crippen LogP contribution in [0.5, 0.6) is 0 Å². The minimum Gasteiger partial charge on any atom is -0.379 e. The molecular formula is C8H14BO3. The van der Waals surface area contributed by atoms with E-state index in [2.05, 4.69) is 0 Å². The zero-order valence-electron chi connectivity index (χ0n) is 7.65. The fourth-order valence-electron chi connectivity index (χ4n) is 2.07. The van der Waals surface area contributed by atoms with Crippen LogP contribution in [-0.2, 0) is 9.47 Å². The highest BCUT2D eigenvalue weighted by atomic mass is 16.6. The van der Waals surface area contributed by atoms with E-state index in [4.69, 9.17) is 9.47 Å². The summed E-state index contributed by atoms with van der Waals surface area (Å²) in [7, 11) is 2.03. The predicted molar refractivity (Wildman–Crippen MR) is 45.0 cm³/mol. The van der Waals surface area contributed by atoms with Crippen LogP contribution in [0.4, 0.5) is 0 Å². The van der Waals surface area contributed by atoms with Crippen molar-refractivity contribution in [1.82, 2.24) is 0 Å². The molecule has 0 spiro atoms. The lowest BCUT2D eigenvalue weighted by Gasteiger charge is -2.21. The van der Waals surface area contributed by atoms with Gasteiger partial charge in [0.15, 0.2) is 13.6 Å². The van der Waals surface area contributed by atoms with Gasteiger partial charge in [0.05, 0.1) is 12.2 Å². The molecule has 2 aliphatic rings. The summed E-state index contributed by atoms with van der Waals surface area (Å²) >= 11 is 0. The SMILES string of the molecule is C[C@H]1OC(O)[C@@H]2[B]C(C)(C)O[C@H]12. The van der Waals surface area contributed by atoms with Crippen molar-refractivity contribution < 1.29 is 14.6 Å². The summed E-state index contributed by atoms with van der Waals surface area (Å²) in [5.74, 6) is 0.0509. The van der Waals surface area contributed by atoms with Crippen LogP contribution in [0, 0.1) is 0 Å². The Morgan fingerprint density at radius 2 is 2.08 bits per heavy atom. The van der Waals surface area contributed by atoms with Gasteiger partial charge in [0.2, 0.25) is 0 Å². The van der Waals surface area contributed by atoms with Crippen LogP contribution in [0.3, 0.4) is 0 Å². The first kappa shape index (κ1) is 8.54. The summed E-state index contributed by atoms with van der Waals surface area (Å²) in [6, 6.07) is 0. The molecule has 0 saturated carbocycles. The van der Waals surface area contributed by atoms with Crippen LogP contribution in [0.1, 0.15) is 20.8 Å². The van der Waals surface area contributed by atoms with E-state index in [0.29, 0.717) is 0 Å². The monoisotopic (exact) mass is 169 g/mol. The number of hydrogen-bond donors (Lipinski definition) is 1. The molecule has 1 radical (unpaired) electrons. The van der Waals surface area contributed by atoms with Crippen molar-refractivity contribution in [1.29, 1.82) is 0 Å². The first-order valence-electron chi connectivity index (χ1n) is 4.37. The van der Waals surface area contributed by atoms with Crippen molar-refractivity contribution in [3.63, 3.8) is 0 Å². The second-order valence-corrected chi connectivity index (χ2v) is 4.16. The predicted octanol–water partition coefficient (Wildman–Crippen LogP) is 0.351. The molecule has 1 unspecified atom stereocenters. The average Bonchev–Trinajstić information content (AvgIpc) is 2.34. The summed E-state index contributed by atoms with van der Waals surface area (Å²) in [6.07, 6.45) is -0.634. The van der Waals surface area contributed by atoms with E-state index in [9.17, 15) is 5.11 Å². The summed E-state index contributed by atoms with van der Waals surface area (Å²) in [5, 5.41) is 9.47. The molecule has 0 amide bonds. The topological polar surface area (TPSA) is 38.7 Å². The molecule has 3 nitrogen and oxygen atoms in total. The minimum absolute atomic E-state index is 0.00280. The smallest absolute Gasteiger partial charge is 0.166 e. The lowest BCUT2D eigenvalue weighted by atomic mass is 9.54. The van der Waals surface area contributed by atoms with Gasteiger partial charge in [-0.3, -0.25) is 0 Å². The Balaban J connectivity index is 2.15. The van der Waals surface area contributed by atoms with Crippen LogP contribution in [-0.4, -0.2) is 36.4 Å². The molecule has 2 aliphatic heterocycles. The molecule has 0 aromatic carbocycles. The molecule has 0 aromatic rings. The third-order valence-corrected chi connectivity index (χ3v) is 2.56.